The van der Waals surface area contributed by atoms with Crippen LogP contribution >= 0.6 is 0 Å². The zero-order valence-electron chi connectivity index (χ0n) is 12.0. The summed E-state index contributed by atoms with van der Waals surface area (Å²) in [7, 11) is 0. The number of anilines is 2. The van der Waals surface area contributed by atoms with E-state index in [2.05, 4.69) is 20.9 Å². The van der Waals surface area contributed by atoms with E-state index in [9.17, 15) is 4.79 Å². The highest BCUT2D eigenvalue weighted by atomic mass is 16.1. The van der Waals surface area contributed by atoms with E-state index in [1.54, 1.807) is 12.5 Å². The van der Waals surface area contributed by atoms with Crippen LogP contribution in [0.4, 0.5) is 11.4 Å². The number of hydrogen-bond acceptors (Lipinski definition) is 4. The number of benzene rings is 1. The van der Waals surface area contributed by atoms with E-state index in [0.29, 0.717) is 12.1 Å². The molecule has 0 saturated carbocycles. The Labute approximate surface area is 123 Å². The number of rotatable bonds is 4. The van der Waals surface area contributed by atoms with Crippen LogP contribution in [0.15, 0.2) is 36.9 Å². The van der Waals surface area contributed by atoms with Crippen molar-refractivity contribution in [2.24, 2.45) is 0 Å². The highest BCUT2D eigenvalue weighted by molar-refractivity contribution is 5.96. The van der Waals surface area contributed by atoms with Crippen molar-refractivity contribution >= 4 is 17.3 Å². The average Bonchev–Trinajstić information content (AvgIpc) is 2.99. The molecule has 0 aliphatic carbocycles. The third-order valence-corrected chi connectivity index (χ3v) is 3.46. The van der Waals surface area contributed by atoms with Crippen LogP contribution in [-0.2, 0) is 6.54 Å². The maximum Gasteiger partial charge on any atom is 0.251 e. The van der Waals surface area contributed by atoms with Gasteiger partial charge in [-0.3, -0.25) is 4.79 Å². The van der Waals surface area contributed by atoms with Crippen LogP contribution in [0, 0.1) is 0 Å². The molecule has 21 heavy (non-hydrogen) atoms. The lowest BCUT2D eigenvalue weighted by Gasteiger charge is -2.21. The molecule has 3 rings (SSSR count). The van der Waals surface area contributed by atoms with Gasteiger partial charge in [-0.1, -0.05) is 0 Å². The van der Waals surface area contributed by atoms with Gasteiger partial charge in [0.15, 0.2) is 0 Å². The molecule has 1 atom stereocenters. The second-order valence-electron chi connectivity index (χ2n) is 5.25. The molecular weight excluding hydrogens is 266 g/mol. The van der Waals surface area contributed by atoms with E-state index < -0.39 is 0 Å². The Balaban J connectivity index is 1.64. The molecule has 0 spiro atoms. The molecule has 0 fully saturated rings. The molecule has 2 aromatic rings. The van der Waals surface area contributed by atoms with Crippen LogP contribution in [0.5, 0.6) is 0 Å². The SMILES string of the molecule is CC(Cn1ccnc1)NC(=O)c1ccc2c(c1)NCCN2. The highest BCUT2D eigenvalue weighted by Gasteiger charge is 2.14. The summed E-state index contributed by atoms with van der Waals surface area (Å²) in [6, 6.07) is 5.71. The first kappa shape index (κ1) is 13.5. The summed E-state index contributed by atoms with van der Waals surface area (Å²) in [5.74, 6) is -0.0576. The lowest BCUT2D eigenvalue weighted by atomic mass is 10.1. The quantitative estimate of drug-likeness (QED) is 0.797. The predicted octanol–water partition coefficient (Wildman–Crippen LogP) is 1.54. The number of imidazole rings is 1. The van der Waals surface area contributed by atoms with Crippen molar-refractivity contribution in [1.82, 2.24) is 14.9 Å². The number of carbonyl (C=O) groups excluding carboxylic acids is 1. The van der Waals surface area contributed by atoms with Gasteiger partial charge in [-0.2, -0.15) is 0 Å². The molecule has 1 aliphatic heterocycles. The number of fused-ring (bicyclic) bond motifs is 1. The van der Waals surface area contributed by atoms with Crippen LogP contribution in [-0.4, -0.2) is 34.6 Å². The van der Waals surface area contributed by atoms with Gasteiger partial charge in [-0.25, -0.2) is 4.98 Å². The molecule has 1 amide bonds. The average molecular weight is 285 g/mol. The number of nitrogens with zero attached hydrogens (tertiary/aromatic N) is 2. The molecule has 110 valence electrons. The summed E-state index contributed by atoms with van der Waals surface area (Å²) < 4.78 is 1.95. The smallest absolute Gasteiger partial charge is 0.251 e. The van der Waals surface area contributed by atoms with E-state index in [1.165, 1.54) is 0 Å². The topological polar surface area (TPSA) is 71.0 Å². The molecule has 6 nitrogen and oxygen atoms in total. The first-order valence-electron chi connectivity index (χ1n) is 7.11. The van der Waals surface area contributed by atoms with Crippen molar-refractivity contribution in [2.45, 2.75) is 19.5 Å². The maximum atomic E-state index is 12.3. The molecule has 1 aliphatic rings. The van der Waals surface area contributed by atoms with E-state index in [0.717, 1.165) is 24.5 Å². The summed E-state index contributed by atoms with van der Waals surface area (Å²) in [5.41, 5.74) is 2.70. The van der Waals surface area contributed by atoms with Gasteiger partial charge < -0.3 is 20.5 Å². The molecule has 1 aromatic heterocycles. The van der Waals surface area contributed by atoms with Gasteiger partial charge in [0, 0.05) is 43.6 Å². The van der Waals surface area contributed by atoms with Gasteiger partial charge in [-0.15, -0.1) is 0 Å². The lowest BCUT2D eigenvalue weighted by Crippen LogP contribution is -2.35. The van der Waals surface area contributed by atoms with Crippen LogP contribution in [0.3, 0.4) is 0 Å². The van der Waals surface area contributed by atoms with E-state index >= 15 is 0 Å². The molecule has 3 N–H and O–H groups in total. The Kier molecular flexibility index (Phi) is 3.77. The van der Waals surface area contributed by atoms with Crippen LogP contribution in [0.1, 0.15) is 17.3 Å². The zero-order valence-corrected chi connectivity index (χ0v) is 12.0. The summed E-state index contributed by atoms with van der Waals surface area (Å²) in [4.78, 5) is 16.3. The van der Waals surface area contributed by atoms with Crippen LogP contribution < -0.4 is 16.0 Å². The number of amides is 1. The molecule has 2 heterocycles. The van der Waals surface area contributed by atoms with Crippen molar-refractivity contribution in [3.8, 4) is 0 Å². The van der Waals surface area contributed by atoms with E-state index in [-0.39, 0.29) is 11.9 Å². The Bertz CT molecular complexity index is 623. The molecule has 0 bridgehead atoms. The summed E-state index contributed by atoms with van der Waals surface area (Å²) in [5, 5.41) is 9.59. The van der Waals surface area contributed by atoms with Gasteiger partial charge in [0.25, 0.3) is 5.91 Å². The molecule has 1 aromatic carbocycles. The van der Waals surface area contributed by atoms with Crippen molar-refractivity contribution < 1.29 is 4.79 Å². The number of hydrogen-bond donors (Lipinski definition) is 3. The minimum atomic E-state index is -0.0576. The monoisotopic (exact) mass is 285 g/mol. The minimum absolute atomic E-state index is 0.0359. The number of aromatic nitrogens is 2. The Hall–Kier alpha value is -2.50. The van der Waals surface area contributed by atoms with Gasteiger partial charge in [0.05, 0.1) is 17.7 Å². The molecule has 6 heteroatoms. The van der Waals surface area contributed by atoms with E-state index in [1.807, 2.05) is 35.9 Å². The van der Waals surface area contributed by atoms with Crippen LogP contribution in [0.2, 0.25) is 0 Å². The fourth-order valence-electron chi connectivity index (χ4n) is 2.44. The fraction of sp³-hybridized carbons (Fsp3) is 0.333. The second kappa shape index (κ2) is 5.87. The molecule has 1 unspecified atom stereocenters. The number of carbonyl (C=O) groups is 1. The Morgan fingerprint density at radius 3 is 2.95 bits per heavy atom. The van der Waals surface area contributed by atoms with E-state index in [4.69, 9.17) is 0 Å². The van der Waals surface area contributed by atoms with Gasteiger partial charge in [0.2, 0.25) is 0 Å². The lowest BCUT2D eigenvalue weighted by molar-refractivity contribution is 0.0937. The Morgan fingerprint density at radius 2 is 2.19 bits per heavy atom. The maximum absolute atomic E-state index is 12.3. The summed E-state index contributed by atoms with van der Waals surface area (Å²) >= 11 is 0. The zero-order chi connectivity index (χ0) is 14.7. The highest BCUT2D eigenvalue weighted by Crippen LogP contribution is 2.25. The summed E-state index contributed by atoms with van der Waals surface area (Å²) in [6.45, 7) is 4.46. The Morgan fingerprint density at radius 1 is 1.38 bits per heavy atom. The van der Waals surface area contributed by atoms with Crippen LogP contribution in [0.25, 0.3) is 0 Å². The predicted molar refractivity (Wildman–Crippen MR) is 82.6 cm³/mol. The van der Waals surface area contributed by atoms with Gasteiger partial charge >= 0.3 is 0 Å². The summed E-state index contributed by atoms with van der Waals surface area (Å²) in [6.07, 6.45) is 5.37. The molecule has 0 saturated heterocycles. The van der Waals surface area contributed by atoms with Crippen molar-refractivity contribution in [2.75, 3.05) is 23.7 Å². The largest absolute Gasteiger partial charge is 0.382 e. The van der Waals surface area contributed by atoms with Crippen molar-refractivity contribution in [3.63, 3.8) is 0 Å². The second-order valence-corrected chi connectivity index (χ2v) is 5.25. The molecule has 0 radical (unpaired) electrons. The minimum Gasteiger partial charge on any atom is -0.382 e. The number of nitrogens with one attached hydrogen (secondary N) is 3. The third kappa shape index (κ3) is 3.16. The standard InChI is InChI=1S/C15H19N5O/c1-11(9-20-7-6-16-10-20)19-15(21)12-2-3-13-14(8-12)18-5-4-17-13/h2-3,6-8,10-11,17-18H,4-5,9H2,1H3,(H,19,21). The third-order valence-electron chi connectivity index (χ3n) is 3.46. The van der Waals surface area contributed by atoms with Crippen molar-refractivity contribution in [3.05, 3.63) is 42.5 Å². The fourth-order valence-corrected chi connectivity index (χ4v) is 2.44. The van der Waals surface area contributed by atoms with Crippen molar-refractivity contribution in [1.29, 1.82) is 0 Å². The first-order chi connectivity index (χ1) is 10.2. The first-order valence-corrected chi connectivity index (χ1v) is 7.11. The molecular formula is C15H19N5O. The normalized spacial score (nSPS) is 14.5. The van der Waals surface area contributed by atoms with Gasteiger partial charge in [-0.05, 0) is 25.1 Å². The van der Waals surface area contributed by atoms with Gasteiger partial charge in [0.1, 0.15) is 0 Å².